The number of nitrogens with one attached hydrogen (secondary N) is 1. The van der Waals surface area contributed by atoms with Crippen molar-refractivity contribution in [2.24, 2.45) is 0 Å². The maximum absolute atomic E-state index is 12.7. The predicted molar refractivity (Wildman–Crippen MR) is 124 cm³/mol. The van der Waals surface area contributed by atoms with Gasteiger partial charge in [0.15, 0.2) is 0 Å². The Morgan fingerprint density at radius 3 is 2.45 bits per heavy atom. The predicted octanol–water partition coefficient (Wildman–Crippen LogP) is 4.41. The van der Waals surface area contributed by atoms with Gasteiger partial charge >= 0.3 is 0 Å². The van der Waals surface area contributed by atoms with E-state index in [4.69, 9.17) is 0 Å². The molecule has 0 fully saturated rings. The van der Waals surface area contributed by atoms with Gasteiger partial charge < -0.3 is 15.1 Å². The summed E-state index contributed by atoms with van der Waals surface area (Å²) in [6.07, 6.45) is 1.87. The van der Waals surface area contributed by atoms with Crippen LogP contribution in [0.1, 0.15) is 34.0 Å². The first-order valence-corrected chi connectivity index (χ1v) is 10.7. The molecule has 2 amide bonds. The standard InChI is InChI=1S/C26H25N3O2/c1-18(30)29-15-13-21-16-22(8-11-25(21)29)26(31)27-23-9-6-19(7-10-23)17-28-14-12-20-4-2-3-5-24(20)28/h2-11,16H,12-15,17H2,1H3,(H,27,31). The lowest BCUT2D eigenvalue weighted by molar-refractivity contribution is -0.116. The molecule has 0 saturated carbocycles. The second-order valence-corrected chi connectivity index (χ2v) is 8.22. The lowest BCUT2D eigenvalue weighted by atomic mass is 10.1. The molecule has 0 saturated heterocycles. The number of carbonyl (C=O) groups excluding carboxylic acids is 2. The van der Waals surface area contributed by atoms with Crippen molar-refractivity contribution in [2.75, 3.05) is 28.2 Å². The average Bonchev–Trinajstić information content (AvgIpc) is 3.39. The van der Waals surface area contributed by atoms with Crippen LogP contribution in [0.25, 0.3) is 0 Å². The Morgan fingerprint density at radius 1 is 0.871 bits per heavy atom. The minimum Gasteiger partial charge on any atom is -0.367 e. The van der Waals surface area contributed by atoms with Crippen molar-refractivity contribution in [3.8, 4) is 0 Å². The number of amides is 2. The summed E-state index contributed by atoms with van der Waals surface area (Å²) >= 11 is 0. The Kier molecular flexibility index (Phi) is 4.94. The van der Waals surface area contributed by atoms with Crippen LogP contribution in [0, 0.1) is 0 Å². The van der Waals surface area contributed by atoms with Crippen LogP contribution >= 0.6 is 0 Å². The fourth-order valence-corrected chi connectivity index (χ4v) is 4.56. The van der Waals surface area contributed by atoms with E-state index >= 15 is 0 Å². The summed E-state index contributed by atoms with van der Waals surface area (Å²) in [7, 11) is 0. The zero-order valence-corrected chi connectivity index (χ0v) is 17.6. The van der Waals surface area contributed by atoms with E-state index in [0.717, 1.165) is 42.9 Å². The van der Waals surface area contributed by atoms with Gasteiger partial charge in [0.2, 0.25) is 5.91 Å². The molecule has 0 aliphatic carbocycles. The van der Waals surface area contributed by atoms with Crippen molar-refractivity contribution in [3.63, 3.8) is 0 Å². The van der Waals surface area contributed by atoms with Crippen molar-refractivity contribution < 1.29 is 9.59 Å². The molecule has 1 N–H and O–H groups in total. The van der Waals surface area contributed by atoms with E-state index < -0.39 is 0 Å². The Hall–Kier alpha value is -3.60. The van der Waals surface area contributed by atoms with Crippen molar-refractivity contribution >= 4 is 28.9 Å². The molecule has 31 heavy (non-hydrogen) atoms. The van der Waals surface area contributed by atoms with Gasteiger partial charge in [-0.3, -0.25) is 9.59 Å². The fraction of sp³-hybridized carbons (Fsp3) is 0.231. The van der Waals surface area contributed by atoms with Crippen LogP contribution in [0.4, 0.5) is 17.1 Å². The zero-order chi connectivity index (χ0) is 21.4. The van der Waals surface area contributed by atoms with Gasteiger partial charge in [-0.2, -0.15) is 0 Å². The zero-order valence-electron chi connectivity index (χ0n) is 17.6. The van der Waals surface area contributed by atoms with Crippen LogP contribution in [0.15, 0.2) is 66.7 Å². The molecule has 156 valence electrons. The number of anilines is 3. The number of carbonyl (C=O) groups is 2. The molecule has 0 aromatic heterocycles. The van der Waals surface area contributed by atoms with Crippen LogP contribution in [0.5, 0.6) is 0 Å². The number of hydrogen-bond acceptors (Lipinski definition) is 3. The third-order valence-corrected chi connectivity index (χ3v) is 6.19. The van der Waals surface area contributed by atoms with Gasteiger partial charge in [-0.05, 0) is 65.9 Å². The molecule has 5 rings (SSSR count). The van der Waals surface area contributed by atoms with E-state index in [2.05, 4.69) is 46.6 Å². The summed E-state index contributed by atoms with van der Waals surface area (Å²) in [6, 6.07) is 22.2. The number of para-hydroxylation sites is 1. The maximum atomic E-state index is 12.7. The molecule has 0 atom stereocenters. The van der Waals surface area contributed by atoms with Crippen LogP contribution in [-0.2, 0) is 24.2 Å². The van der Waals surface area contributed by atoms with Crippen molar-refractivity contribution in [1.82, 2.24) is 0 Å². The van der Waals surface area contributed by atoms with E-state index in [-0.39, 0.29) is 11.8 Å². The van der Waals surface area contributed by atoms with Gasteiger partial charge in [0, 0.05) is 49.2 Å². The van der Waals surface area contributed by atoms with E-state index in [9.17, 15) is 9.59 Å². The molecule has 3 aromatic carbocycles. The number of hydrogen-bond donors (Lipinski definition) is 1. The molecule has 0 spiro atoms. The van der Waals surface area contributed by atoms with Crippen LogP contribution < -0.4 is 15.1 Å². The Morgan fingerprint density at radius 2 is 1.65 bits per heavy atom. The van der Waals surface area contributed by atoms with Crippen LogP contribution in [-0.4, -0.2) is 24.9 Å². The number of nitrogens with zero attached hydrogens (tertiary/aromatic N) is 2. The number of benzene rings is 3. The van der Waals surface area contributed by atoms with Crippen molar-refractivity contribution in [3.05, 3.63) is 89.0 Å². The number of fused-ring (bicyclic) bond motifs is 2. The summed E-state index contributed by atoms with van der Waals surface area (Å²) < 4.78 is 0. The van der Waals surface area contributed by atoms with Gasteiger partial charge in [-0.25, -0.2) is 0 Å². The summed E-state index contributed by atoms with van der Waals surface area (Å²) in [5, 5.41) is 2.99. The Bertz CT molecular complexity index is 1150. The first kappa shape index (κ1) is 19.4. The highest BCUT2D eigenvalue weighted by Crippen LogP contribution is 2.30. The largest absolute Gasteiger partial charge is 0.367 e. The monoisotopic (exact) mass is 411 g/mol. The van der Waals surface area contributed by atoms with Crippen LogP contribution in [0.3, 0.4) is 0 Å². The Balaban J connectivity index is 1.24. The van der Waals surface area contributed by atoms with Gasteiger partial charge in [0.05, 0.1) is 0 Å². The molecule has 2 aliphatic heterocycles. The molecule has 5 nitrogen and oxygen atoms in total. The topological polar surface area (TPSA) is 52.7 Å². The molecule has 5 heteroatoms. The molecular weight excluding hydrogens is 386 g/mol. The summed E-state index contributed by atoms with van der Waals surface area (Å²) in [5.41, 5.74) is 7.30. The molecule has 2 aliphatic rings. The summed E-state index contributed by atoms with van der Waals surface area (Å²) in [5.74, 6) is -0.0984. The van der Waals surface area contributed by atoms with Gasteiger partial charge in [-0.1, -0.05) is 30.3 Å². The smallest absolute Gasteiger partial charge is 0.255 e. The van der Waals surface area contributed by atoms with E-state index in [1.807, 2.05) is 24.3 Å². The molecular formula is C26H25N3O2. The second-order valence-electron chi connectivity index (χ2n) is 8.22. The fourth-order valence-electron chi connectivity index (χ4n) is 4.56. The van der Waals surface area contributed by atoms with Crippen molar-refractivity contribution in [1.29, 1.82) is 0 Å². The molecule has 0 unspecified atom stereocenters. The third-order valence-electron chi connectivity index (χ3n) is 6.19. The lowest BCUT2D eigenvalue weighted by Gasteiger charge is -2.19. The highest BCUT2D eigenvalue weighted by Gasteiger charge is 2.23. The van der Waals surface area contributed by atoms with Gasteiger partial charge in [0.1, 0.15) is 0 Å². The first-order chi connectivity index (χ1) is 15.1. The Labute approximate surface area is 182 Å². The normalized spacial score (nSPS) is 14.4. The molecule has 2 heterocycles. The van der Waals surface area contributed by atoms with Crippen molar-refractivity contribution in [2.45, 2.75) is 26.3 Å². The highest BCUT2D eigenvalue weighted by atomic mass is 16.2. The molecule has 3 aromatic rings. The quantitative estimate of drug-likeness (QED) is 0.692. The molecule has 0 bridgehead atoms. The maximum Gasteiger partial charge on any atom is 0.255 e. The van der Waals surface area contributed by atoms with E-state index in [1.165, 1.54) is 16.8 Å². The minimum atomic E-state index is -0.134. The minimum absolute atomic E-state index is 0.0356. The van der Waals surface area contributed by atoms with Gasteiger partial charge in [-0.15, -0.1) is 0 Å². The van der Waals surface area contributed by atoms with Gasteiger partial charge in [0.25, 0.3) is 5.91 Å². The summed E-state index contributed by atoms with van der Waals surface area (Å²) in [6.45, 7) is 4.15. The average molecular weight is 412 g/mol. The van der Waals surface area contributed by atoms with Crippen LogP contribution in [0.2, 0.25) is 0 Å². The highest BCUT2D eigenvalue weighted by molar-refractivity contribution is 6.05. The SMILES string of the molecule is CC(=O)N1CCc2cc(C(=O)Nc3ccc(CN4CCc5ccccc54)cc3)ccc21. The third kappa shape index (κ3) is 3.79. The van der Waals surface area contributed by atoms with E-state index in [1.54, 1.807) is 17.9 Å². The first-order valence-electron chi connectivity index (χ1n) is 10.7. The second kappa shape index (κ2) is 7.91. The lowest BCUT2D eigenvalue weighted by Crippen LogP contribution is -2.25. The van der Waals surface area contributed by atoms with E-state index in [0.29, 0.717) is 12.1 Å². The number of rotatable bonds is 4. The summed E-state index contributed by atoms with van der Waals surface area (Å²) in [4.78, 5) is 28.6. The molecule has 0 radical (unpaired) electrons.